The van der Waals surface area contributed by atoms with E-state index in [1.165, 1.54) is 0 Å². The number of carbonyl (C=O) groups excluding carboxylic acids is 1. The second-order valence-corrected chi connectivity index (χ2v) is 8.84. The number of anilines is 1. The molecule has 0 bridgehead atoms. The lowest BCUT2D eigenvalue weighted by Gasteiger charge is -2.07. The van der Waals surface area contributed by atoms with Crippen molar-refractivity contribution in [2.24, 2.45) is 0 Å². The fourth-order valence-corrected chi connectivity index (χ4v) is 3.40. The Balaban J connectivity index is 1.67. The molecule has 0 aromatic heterocycles. The zero-order valence-corrected chi connectivity index (χ0v) is 17.3. The molecular formula is C19H22Cl2N2O3S. The highest BCUT2D eigenvalue weighted by molar-refractivity contribution is 7.92. The van der Waals surface area contributed by atoms with Gasteiger partial charge in [0.15, 0.2) is 0 Å². The predicted molar refractivity (Wildman–Crippen MR) is 111 cm³/mol. The van der Waals surface area contributed by atoms with Crippen LogP contribution in [0.4, 0.5) is 5.69 Å². The molecule has 0 aliphatic carbocycles. The summed E-state index contributed by atoms with van der Waals surface area (Å²) in [7, 11) is -3.28. The first-order valence-corrected chi connectivity index (χ1v) is 11.1. The van der Waals surface area contributed by atoms with Crippen molar-refractivity contribution in [2.45, 2.75) is 25.7 Å². The van der Waals surface area contributed by atoms with Crippen LogP contribution >= 0.6 is 23.2 Å². The predicted octanol–water partition coefficient (Wildman–Crippen LogP) is 4.05. The van der Waals surface area contributed by atoms with E-state index < -0.39 is 10.0 Å². The summed E-state index contributed by atoms with van der Waals surface area (Å²) >= 11 is 11.9. The van der Waals surface area contributed by atoms with Crippen LogP contribution in [0.3, 0.4) is 0 Å². The molecule has 8 heteroatoms. The fraction of sp³-hybridized carbons (Fsp3) is 0.316. The van der Waals surface area contributed by atoms with Crippen molar-refractivity contribution < 1.29 is 13.2 Å². The molecule has 2 N–H and O–H groups in total. The topological polar surface area (TPSA) is 75.3 Å². The van der Waals surface area contributed by atoms with E-state index in [0.29, 0.717) is 35.1 Å². The summed E-state index contributed by atoms with van der Waals surface area (Å²) in [5.41, 5.74) is 2.56. The summed E-state index contributed by atoms with van der Waals surface area (Å²) in [6.45, 7) is 0.594. The molecule has 0 saturated heterocycles. The highest BCUT2D eigenvalue weighted by Gasteiger charge is 2.05. The van der Waals surface area contributed by atoms with Crippen molar-refractivity contribution in [1.29, 1.82) is 0 Å². The van der Waals surface area contributed by atoms with E-state index in [2.05, 4.69) is 10.0 Å². The van der Waals surface area contributed by atoms with E-state index in [4.69, 9.17) is 23.2 Å². The summed E-state index contributed by atoms with van der Waals surface area (Å²) in [5.74, 6) is -0.0116. The molecule has 0 atom stereocenters. The third kappa shape index (κ3) is 8.20. The van der Waals surface area contributed by atoms with Crippen LogP contribution in [-0.2, 0) is 27.7 Å². The Kier molecular flexibility index (Phi) is 7.95. The van der Waals surface area contributed by atoms with Crippen LogP contribution in [0.2, 0.25) is 10.0 Å². The first-order chi connectivity index (χ1) is 12.7. The molecule has 0 saturated carbocycles. The molecule has 146 valence electrons. The highest BCUT2D eigenvalue weighted by atomic mass is 35.5. The molecule has 0 spiro atoms. The Morgan fingerprint density at radius 2 is 1.63 bits per heavy atom. The van der Waals surface area contributed by atoms with Gasteiger partial charge in [-0.05, 0) is 54.7 Å². The van der Waals surface area contributed by atoms with Gasteiger partial charge < -0.3 is 5.32 Å². The number of carbonyl (C=O) groups is 1. The van der Waals surface area contributed by atoms with Gasteiger partial charge in [0.25, 0.3) is 0 Å². The van der Waals surface area contributed by atoms with Crippen LogP contribution in [0, 0.1) is 0 Å². The molecule has 1 amide bonds. The molecule has 0 radical (unpaired) electrons. The van der Waals surface area contributed by atoms with E-state index >= 15 is 0 Å². The number of aryl methyl sites for hydroxylation is 2. The zero-order valence-electron chi connectivity index (χ0n) is 15.0. The molecular weight excluding hydrogens is 407 g/mol. The maximum absolute atomic E-state index is 11.9. The lowest BCUT2D eigenvalue weighted by atomic mass is 10.1. The summed E-state index contributed by atoms with van der Waals surface area (Å²) in [6, 6.07) is 12.5. The molecule has 0 heterocycles. The van der Waals surface area contributed by atoms with Gasteiger partial charge in [0.1, 0.15) is 0 Å². The van der Waals surface area contributed by atoms with Gasteiger partial charge in [-0.25, -0.2) is 8.42 Å². The van der Waals surface area contributed by atoms with Crippen molar-refractivity contribution in [3.63, 3.8) is 0 Å². The zero-order chi connectivity index (χ0) is 19.9. The fourth-order valence-electron chi connectivity index (χ4n) is 2.52. The second kappa shape index (κ2) is 9.97. The van der Waals surface area contributed by atoms with E-state index in [0.717, 1.165) is 30.2 Å². The van der Waals surface area contributed by atoms with Gasteiger partial charge in [0.05, 0.1) is 16.3 Å². The van der Waals surface area contributed by atoms with Gasteiger partial charge in [0, 0.05) is 18.7 Å². The third-order valence-corrected chi connectivity index (χ3v) is 5.19. The average Bonchev–Trinajstić information content (AvgIpc) is 2.60. The van der Waals surface area contributed by atoms with Gasteiger partial charge in [0.2, 0.25) is 15.9 Å². The van der Waals surface area contributed by atoms with Crippen molar-refractivity contribution >= 4 is 44.8 Å². The van der Waals surface area contributed by atoms with E-state index in [1.807, 2.05) is 24.3 Å². The van der Waals surface area contributed by atoms with E-state index in [9.17, 15) is 13.2 Å². The third-order valence-electron chi connectivity index (χ3n) is 3.85. The van der Waals surface area contributed by atoms with Crippen molar-refractivity contribution in [2.75, 3.05) is 17.5 Å². The Morgan fingerprint density at radius 3 is 2.26 bits per heavy atom. The van der Waals surface area contributed by atoms with Gasteiger partial charge in [-0.1, -0.05) is 41.4 Å². The van der Waals surface area contributed by atoms with Crippen LogP contribution in [-0.4, -0.2) is 27.1 Å². The molecule has 2 aromatic rings. The van der Waals surface area contributed by atoms with Gasteiger partial charge in [-0.2, -0.15) is 0 Å². The number of nitrogens with one attached hydrogen (secondary N) is 2. The Hall–Kier alpha value is -1.76. The molecule has 5 nitrogen and oxygen atoms in total. The first-order valence-electron chi connectivity index (χ1n) is 8.50. The molecule has 0 aliphatic rings. The van der Waals surface area contributed by atoms with Crippen molar-refractivity contribution in [3.05, 3.63) is 63.6 Å². The second-order valence-electron chi connectivity index (χ2n) is 6.27. The Labute approximate surface area is 170 Å². The lowest BCUT2D eigenvalue weighted by Crippen LogP contribution is -2.24. The number of rotatable bonds is 9. The lowest BCUT2D eigenvalue weighted by molar-refractivity contribution is -0.121. The van der Waals surface area contributed by atoms with E-state index in [-0.39, 0.29) is 5.91 Å². The summed E-state index contributed by atoms with van der Waals surface area (Å²) in [4.78, 5) is 11.9. The Bertz CT molecular complexity index is 884. The molecule has 2 aromatic carbocycles. The monoisotopic (exact) mass is 428 g/mol. The summed E-state index contributed by atoms with van der Waals surface area (Å²) < 4.78 is 24.7. The Morgan fingerprint density at radius 1 is 0.963 bits per heavy atom. The van der Waals surface area contributed by atoms with Crippen molar-refractivity contribution in [1.82, 2.24) is 5.32 Å². The normalized spacial score (nSPS) is 11.2. The molecule has 2 rings (SSSR count). The van der Waals surface area contributed by atoms with Gasteiger partial charge in [-0.15, -0.1) is 0 Å². The average molecular weight is 429 g/mol. The number of amides is 1. The number of benzene rings is 2. The number of hydrogen-bond acceptors (Lipinski definition) is 3. The standard InChI is InChI=1S/C19H22Cl2N2O3S/c1-27(25,26)23-16-8-4-14(5-9-16)7-11-19(24)22-12-2-3-15-6-10-17(20)18(21)13-15/h4-6,8-10,13,23H,2-3,7,11-12H2,1H3,(H,22,24). The van der Waals surface area contributed by atoms with Crippen LogP contribution in [0.15, 0.2) is 42.5 Å². The molecule has 0 fully saturated rings. The minimum absolute atomic E-state index is 0.0116. The SMILES string of the molecule is CS(=O)(=O)Nc1ccc(CCC(=O)NCCCc2ccc(Cl)c(Cl)c2)cc1. The summed E-state index contributed by atoms with van der Waals surface area (Å²) in [6.07, 6.45) is 3.71. The van der Waals surface area contributed by atoms with Crippen LogP contribution in [0.5, 0.6) is 0 Å². The smallest absolute Gasteiger partial charge is 0.229 e. The van der Waals surface area contributed by atoms with Gasteiger partial charge in [-0.3, -0.25) is 9.52 Å². The quantitative estimate of drug-likeness (QED) is 0.591. The number of sulfonamides is 1. The summed E-state index contributed by atoms with van der Waals surface area (Å²) in [5, 5.41) is 3.98. The molecule has 0 aliphatic heterocycles. The minimum atomic E-state index is -3.28. The maximum atomic E-state index is 11.9. The first kappa shape index (κ1) is 21.5. The van der Waals surface area contributed by atoms with Crippen molar-refractivity contribution in [3.8, 4) is 0 Å². The number of hydrogen-bond donors (Lipinski definition) is 2. The van der Waals surface area contributed by atoms with Crippen LogP contribution in [0.1, 0.15) is 24.0 Å². The van der Waals surface area contributed by atoms with Crippen LogP contribution < -0.4 is 10.0 Å². The van der Waals surface area contributed by atoms with Gasteiger partial charge >= 0.3 is 0 Å². The molecule has 0 unspecified atom stereocenters. The molecule has 27 heavy (non-hydrogen) atoms. The maximum Gasteiger partial charge on any atom is 0.229 e. The van der Waals surface area contributed by atoms with Crippen LogP contribution in [0.25, 0.3) is 0 Å². The minimum Gasteiger partial charge on any atom is -0.356 e. The van der Waals surface area contributed by atoms with E-state index in [1.54, 1.807) is 18.2 Å². The number of halogens is 2. The largest absolute Gasteiger partial charge is 0.356 e. The highest BCUT2D eigenvalue weighted by Crippen LogP contribution is 2.23.